The first-order valence-corrected chi connectivity index (χ1v) is 15.0. The van der Waals surface area contributed by atoms with E-state index in [1.165, 1.54) is 68.9 Å². The van der Waals surface area contributed by atoms with Crippen LogP contribution in [0.2, 0.25) is 0 Å². The first-order valence-electron chi connectivity index (χ1n) is 13.9. The Morgan fingerprint density at radius 2 is 0.610 bits per heavy atom. The monoisotopic (exact) mass is 634 g/mol. The molecule has 0 atom stereocenters. The van der Waals surface area contributed by atoms with E-state index in [9.17, 15) is 0 Å². The van der Waals surface area contributed by atoms with Crippen molar-refractivity contribution >= 4 is 65.7 Å². The summed E-state index contributed by atoms with van der Waals surface area (Å²) in [4.78, 5) is 0. The lowest BCUT2D eigenvalue weighted by Crippen LogP contribution is -1.88. The van der Waals surface area contributed by atoms with Crippen molar-refractivity contribution < 1.29 is 0 Å². The van der Waals surface area contributed by atoms with Gasteiger partial charge in [-0.2, -0.15) is 0 Å². The fourth-order valence-electron chi connectivity index (χ4n) is 5.92. The minimum atomic E-state index is 1.28. The van der Waals surface area contributed by atoms with Crippen molar-refractivity contribution in [2.75, 3.05) is 0 Å². The van der Waals surface area contributed by atoms with Crippen LogP contribution >= 0.6 is 22.6 Å². The van der Waals surface area contributed by atoms with Crippen LogP contribution in [0.5, 0.6) is 0 Å². The molecular formula is C40H27I. The average molecular weight is 635 g/mol. The molecule has 0 unspecified atom stereocenters. The molecule has 0 fully saturated rings. The maximum Gasteiger partial charge on any atom is 0.0287 e. The Hall–Kier alpha value is -4.47. The molecule has 0 aromatic heterocycles. The minimum absolute atomic E-state index is 1.28. The van der Waals surface area contributed by atoms with E-state index in [1.807, 2.05) is 0 Å². The van der Waals surface area contributed by atoms with Gasteiger partial charge in [-0.3, -0.25) is 0 Å². The molecule has 0 saturated heterocycles. The summed E-state index contributed by atoms with van der Waals surface area (Å²) in [5.41, 5.74) is 5.23. The van der Waals surface area contributed by atoms with Crippen LogP contribution in [0.25, 0.3) is 65.3 Å². The zero-order valence-electron chi connectivity index (χ0n) is 22.5. The molecule has 0 aliphatic carbocycles. The third kappa shape index (κ3) is 4.77. The second-order valence-electron chi connectivity index (χ2n) is 10.2. The first-order chi connectivity index (χ1) is 20.3. The van der Waals surface area contributed by atoms with Crippen molar-refractivity contribution in [3.8, 4) is 22.3 Å². The fraction of sp³-hybridized carbons (Fsp3) is 0. The van der Waals surface area contributed by atoms with Gasteiger partial charge in [0.1, 0.15) is 0 Å². The van der Waals surface area contributed by atoms with Gasteiger partial charge in [-0.25, -0.2) is 0 Å². The quantitative estimate of drug-likeness (QED) is 0.131. The van der Waals surface area contributed by atoms with Crippen LogP contribution < -0.4 is 0 Å². The molecule has 8 aromatic rings. The van der Waals surface area contributed by atoms with Gasteiger partial charge in [-0.15, -0.1) is 0 Å². The fourth-order valence-corrected chi connectivity index (χ4v) is 6.86. The van der Waals surface area contributed by atoms with Gasteiger partial charge in [0, 0.05) is 3.57 Å². The topological polar surface area (TPSA) is 0 Å². The molecule has 8 rings (SSSR count). The van der Waals surface area contributed by atoms with Crippen molar-refractivity contribution in [1.29, 1.82) is 0 Å². The second kappa shape index (κ2) is 11.2. The van der Waals surface area contributed by atoms with Gasteiger partial charge in [0.05, 0.1) is 0 Å². The Labute approximate surface area is 254 Å². The predicted octanol–water partition coefficient (Wildman–Crippen LogP) is 11.9. The van der Waals surface area contributed by atoms with E-state index in [4.69, 9.17) is 0 Å². The molecule has 0 nitrogen and oxygen atoms in total. The van der Waals surface area contributed by atoms with Crippen LogP contribution in [-0.2, 0) is 0 Å². The number of hydrogen-bond acceptors (Lipinski definition) is 0. The van der Waals surface area contributed by atoms with Crippen LogP contribution in [-0.4, -0.2) is 0 Å². The van der Waals surface area contributed by atoms with E-state index in [0.717, 1.165) is 0 Å². The van der Waals surface area contributed by atoms with E-state index in [1.54, 1.807) is 0 Å². The predicted molar refractivity (Wildman–Crippen MR) is 186 cm³/mol. The molecule has 1 heteroatoms. The molecule has 0 saturated carbocycles. The normalized spacial score (nSPS) is 11.0. The van der Waals surface area contributed by atoms with Crippen LogP contribution in [0.1, 0.15) is 0 Å². The van der Waals surface area contributed by atoms with Gasteiger partial charge < -0.3 is 0 Å². The van der Waals surface area contributed by atoms with Gasteiger partial charge in [0.25, 0.3) is 0 Å². The summed E-state index contributed by atoms with van der Waals surface area (Å²) in [6.45, 7) is 0. The van der Waals surface area contributed by atoms with Crippen molar-refractivity contribution in [2.45, 2.75) is 0 Å². The van der Waals surface area contributed by atoms with E-state index in [0.29, 0.717) is 0 Å². The van der Waals surface area contributed by atoms with E-state index in [-0.39, 0.29) is 0 Å². The lowest BCUT2D eigenvalue weighted by Gasteiger charge is -2.14. The lowest BCUT2D eigenvalue weighted by atomic mass is 9.92. The van der Waals surface area contributed by atoms with Crippen molar-refractivity contribution in [3.63, 3.8) is 0 Å². The maximum atomic E-state index is 2.47. The van der Waals surface area contributed by atoms with Crippen LogP contribution in [0.3, 0.4) is 0 Å². The summed E-state index contributed by atoms with van der Waals surface area (Å²) in [5.74, 6) is 0. The van der Waals surface area contributed by atoms with E-state index >= 15 is 0 Å². The van der Waals surface area contributed by atoms with Gasteiger partial charge in [0.2, 0.25) is 0 Å². The second-order valence-corrected chi connectivity index (χ2v) is 11.3. The van der Waals surface area contributed by atoms with E-state index < -0.39 is 0 Å². The van der Waals surface area contributed by atoms with Crippen LogP contribution in [0.15, 0.2) is 164 Å². The summed E-state index contributed by atoms with van der Waals surface area (Å²) in [6.07, 6.45) is 0. The number of halogens is 1. The van der Waals surface area contributed by atoms with Gasteiger partial charge in [-0.1, -0.05) is 158 Å². The van der Waals surface area contributed by atoms with Crippen LogP contribution in [0.4, 0.5) is 0 Å². The number of hydrogen-bond donors (Lipinski definition) is 0. The largest absolute Gasteiger partial charge is 0.0622 e. The summed E-state index contributed by atoms with van der Waals surface area (Å²) in [6, 6.07) is 58.2. The first kappa shape index (κ1) is 25.5. The molecule has 0 aliphatic rings. The molecule has 0 aliphatic heterocycles. The maximum absolute atomic E-state index is 2.47. The lowest BCUT2D eigenvalue weighted by molar-refractivity contribution is 1.66. The minimum Gasteiger partial charge on any atom is -0.0622 e. The highest BCUT2D eigenvalue weighted by Gasteiger charge is 2.13. The van der Waals surface area contributed by atoms with Gasteiger partial charge >= 0.3 is 0 Å². The molecule has 0 heterocycles. The molecule has 41 heavy (non-hydrogen) atoms. The highest BCUT2D eigenvalue weighted by atomic mass is 127. The Balaban J connectivity index is 0.000000135. The van der Waals surface area contributed by atoms with Gasteiger partial charge in [-0.05, 0) is 94.0 Å². The van der Waals surface area contributed by atoms with E-state index in [2.05, 4.69) is 186 Å². The number of fused-ring (bicyclic) bond motifs is 4. The number of rotatable bonds is 2. The highest BCUT2D eigenvalue weighted by molar-refractivity contribution is 14.1. The molecule has 8 aromatic carbocycles. The average Bonchev–Trinajstić information content (AvgIpc) is 3.05. The third-order valence-electron chi connectivity index (χ3n) is 7.76. The molecule has 0 amide bonds. The molecule has 0 spiro atoms. The van der Waals surface area contributed by atoms with Crippen molar-refractivity contribution in [1.82, 2.24) is 0 Å². The Kier molecular flexibility index (Phi) is 6.96. The number of benzene rings is 8. The molecule has 0 N–H and O–H groups in total. The molecule has 194 valence electrons. The Bertz CT molecular complexity index is 2030. The SMILES string of the molecule is Ic1c2ccccc2c(-c2ccccc2)c2ccccc12.c1ccc(-c2c3ccccc3cc3ccccc23)cc1. The zero-order chi connectivity index (χ0) is 27.6. The smallest absolute Gasteiger partial charge is 0.0287 e. The third-order valence-corrected chi connectivity index (χ3v) is 8.92. The summed E-state index contributed by atoms with van der Waals surface area (Å²) in [5, 5.41) is 10.5. The Morgan fingerprint density at radius 1 is 0.293 bits per heavy atom. The molecule has 0 bridgehead atoms. The molecule has 0 radical (unpaired) electrons. The zero-order valence-corrected chi connectivity index (χ0v) is 24.6. The Morgan fingerprint density at radius 3 is 1.05 bits per heavy atom. The summed E-state index contributed by atoms with van der Waals surface area (Å²) in [7, 11) is 0. The standard InChI is InChI=1S/C20H13I.C20H14/c21-20-17-12-6-4-10-15(17)19(14-8-2-1-3-9-14)16-11-5-7-13-18(16)20;1-2-8-15(9-3-1)20-18-12-6-4-10-16(18)14-17-11-5-7-13-19(17)20/h1-13H;1-14H. The summed E-state index contributed by atoms with van der Waals surface area (Å²) >= 11 is 2.47. The molecular weight excluding hydrogens is 607 g/mol. The van der Waals surface area contributed by atoms with Gasteiger partial charge in [0.15, 0.2) is 0 Å². The summed E-state index contributed by atoms with van der Waals surface area (Å²) < 4.78 is 1.33. The van der Waals surface area contributed by atoms with Crippen LogP contribution in [0, 0.1) is 3.57 Å². The van der Waals surface area contributed by atoms with Crippen molar-refractivity contribution in [2.24, 2.45) is 0 Å². The highest BCUT2D eigenvalue weighted by Crippen LogP contribution is 2.39. The van der Waals surface area contributed by atoms with Crippen molar-refractivity contribution in [3.05, 3.63) is 167 Å².